The largest absolute Gasteiger partial charge is 0.305 e. The fourth-order valence-electron chi connectivity index (χ4n) is 1.26. The summed E-state index contributed by atoms with van der Waals surface area (Å²) in [4.78, 5) is 0. The lowest BCUT2D eigenvalue weighted by molar-refractivity contribution is 0.532. The van der Waals surface area contributed by atoms with E-state index in [1.54, 1.807) is 0 Å². The average Bonchev–Trinajstić information content (AvgIpc) is 2.75. The van der Waals surface area contributed by atoms with E-state index in [1.165, 1.54) is 18.2 Å². The molecule has 7 heteroatoms. The van der Waals surface area contributed by atoms with E-state index in [4.69, 9.17) is 0 Å². The van der Waals surface area contributed by atoms with E-state index in [1.807, 2.05) is 0 Å². The third-order valence-electron chi connectivity index (χ3n) is 2.04. The summed E-state index contributed by atoms with van der Waals surface area (Å²) < 4.78 is 26.4. The van der Waals surface area contributed by atoms with E-state index in [0.717, 1.165) is 0 Å². The minimum Gasteiger partial charge on any atom is -0.305 e. The van der Waals surface area contributed by atoms with Crippen molar-refractivity contribution in [3.05, 3.63) is 41.2 Å². The summed E-state index contributed by atoms with van der Waals surface area (Å²) in [6.07, 6.45) is 0. The lowest BCUT2D eigenvalue weighted by Gasteiger charge is -2.04. The molecule has 1 aromatic heterocycles. The summed E-state index contributed by atoms with van der Waals surface area (Å²) in [7, 11) is 0. The van der Waals surface area contributed by atoms with Crippen molar-refractivity contribution in [2.45, 2.75) is 13.1 Å². The van der Waals surface area contributed by atoms with Crippen LogP contribution in [0.2, 0.25) is 0 Å². The van der Waals surface area contributed by atoms with Gasteiger partial charge in [-0.25, -0.2) is 8.78 Å². The molecule has 0 fully saturated rings. The number of hydrogen-bond donors (Lipinski definition) is 2. The first-order chi connectivity index (χ1) is 7.77. The lowest BCUT2D eigenvalue weighted by atomic mass is 10.2. The van der Waals surface area contributed by atoms with E-state index >= 15 is 0 Å². The van der Waals surface area contributed by atoms with Gasteiger partial charge in [0.1, 0.15) is 11.6 Å². The number of H-pyrrole nitrogens is 1. The summed E-state index contributed by atoms with van der Waals surface area (Å²) >= 11 is 0. The van der Waals surface area contributed by atoms with Crippen molar-refractivity contribution in [1.29, 1.82) is 0 Å². The van der Waals surface area contributed by atoms with E-state index in [9.17, 15) is 8.78 Å². The fourth-order valence-corrected chi connectivity index (χ4v) is 1.26. The molecule has 84 valence electrons. The Bertz CT molecular complexity index is 437. The second-order valence-corrected chi connectivity index (χ2v) is 3.13. The lowest BCUT2D eigenvalue weighted by Crippen LogP contribution is -2.16. The number of aromatic nitrogens is 4. The predicted octanol–water partition coefficient (Wildman–Crippen LogP) is 0.768. The first-order valence-corrected chi connectivity index (χ1v) is 4.63. The molecule has 0 spiro atoms. The predicted molar refractivity (Wildman–Crippen MR) is 51.1 cm³/mol. The van der Waals surface area contributed by atoms with Crippen LogP contribution in [0.1, 0.15) is 11.4 Å². The molecule has 0 aliphatic carbocycles. The maximum atomic E-state index is 13.2. The zero-order chi connectivity index (χ0) is 11.4. The average molecular weight is 225 g/mol. The fraction of sp³-hybridized carbons (Fsp3) is 0.222. The van der Waals surface area contributed by atoms with Crippen LogP contribution in [0.3, 0.4) is 0 Å². The Hall–Kier alpha value is -1.89. The van der Waals surface area contributed by atoms with Crippen molar-refractivity contribution in [3.8, 4) is 0 Å². The number of nitrogens with one attached hydrogen (secondary N) is 2. The van der Waals surface area contributed by atoms with Gasteiger partial charge in [0.2, 0.25) is 0 Å². The minimum absolute atomic E-state index is 0.00555. The van der Waals surface area contributed by atoms with E-state index in [0.29, 0.717) is 12.4 Å². The molecule has 2 aromatic rings. The zero-order valence-corrected chi connectivity index (χ0v) is 8.24. The number of hydrogen-bond acceptors (Lipinski definition) is 4. The first kappa shape index (κ1) is 10.6. The Labute approximate surface area is 89.9 Å². The van der Waals surface area contributed by atoms with Gasteiger partial charge in [0.25, 0.3) is 0 Å². The highest BCUT2D eigenvalue weighted by molar-refractivity contribution is 5.19. The number of tetrazole rings is 1. The van der Waals surface area contributed by atoms with Crippen LogP contribution in [0.15, 0.2) is 18.2 Å². The van der Waals surface area contributed by atoms with Crippen molar-refractivity contribution >= 4 is 0 Å². The molecule has 0 saturated heterocycles. The van der Waals surface area contributed by atoms with Crippen LogP contribution in [0.4, 0.5) is 8.78 Å². The molecule has 0 saturated carbocycles. The van der Waals surface area contributed by atoms with E-state index in [-0.39, 0.29) is 12.1 Å². The van der Waals surface area contributed by atoms with Crippen molar-refractivity contribution < 1.29 is 8.78 Å². The van der Waals surface area contributed by atoms with Gasteiger partial charge in [-0.1, -0.05) is 11.3 Å². The molecule has 0 aliphatic rings. The minimum atomic E-state index is -0.569. The van der Waals surface area contributed by atoms with Crippen molar-refractivity contribution in [3.63, 3.8) is 0 Å². The third-order valence-corrected chi connectivity index (χ3v) is 2.04. The molecule has 0 bridgehead atoms. The standard InChI is InChI=1S/C9H9F2N5/c10-7-2-1-3-8(11)6(7)4-12-5-9-13-15-16-14-9/h1-3,12H,4-5H2,(H,13,14,15,16). The normalized spacial score (nSPS) is 10.6. The molecule has 1 aromatic carbocycles. The van der Waals surface area contributed by atoms with Gasteiger partial charge < -0.3 is 5.32 Å². The van der Waals surface area contributed by atoms with Gasteiger partial charge in [0, 0.05) is 12.1 Å². The van der Waals surface area contributed by atoms with Gasteiger partial charge in [-0.15, -0.1) is 10.2 Å². The van der Waals surface area contributed by atoms with E-state index in [2.05, 4.69) is 25.9 Å². The highest BCUT2D eigenvalue weighted by atomic mass is 19.1. The summed E-state index contributed by atoms with van der Waals surface area (Å²) in [6.45, 7) is 0.372. The summed E-state index contributed by atoms with van der Waals surface area (Å²) in [5, 5.41) is 15.9. The number of nitrogens with zero attached hydrogens (tertiary/aromatic N) is 3. The molecule has 2 N–H and O–H groups in total. The molecule has 16 heavy (non-hydrogen) atoms. The summed E-state index contributed by atoms with van der Waals surface area (Å²) in [5.41, 5.74) is 0.00555. The smallest absolute Gasteiger partial charge is 0.188 e. The maximum Gasteiger partial charge on any atom is 0.188 e. The van der Waals surface area contributed by atoms with Crippen molar-refractivity contribution in [1.82, 2.24) is 25.9 Å². The number of aromatic amines is 1. The molecule has 0 radical (unpaired) electrons. The summed E-state index contributed by atoms with van der Waals surface area (Å²) in [5.74, 6) is -0.696. The summed E-state index contributed by atoms with van der Waals surface area (Å²) in [6, 6.07) is 3.76. The Morgan fingerprint density at radius 3 is 2.56 bits per heavy atom. The van der Waals surface area contributed by atoms with Crippen molar-refractivity contribution in [2.75, 3.05) is 0 Å². The van der Waals surface area contributed by atoms with Crippen molar-refractivity contribution in [2.24, 2.45) is 0 Å². The quantitative estimate of drug-likeness (QED) is 0.806. The van der Waals surface area contributed by atoms with Crippen LogP contribution in [-0.2, 0) is 13.1 Å². The Balaban J connectivity index is 1.95. The number of halogens is 2. The molecule has 0 amide bonds. The Morgan fingerprint density at radius 1 is 1.19 bits per heavy atom. The van der Waals surface area contributed by atoms with Crippen LogP contribution < -0.4 is 5.32 Å². The SMILES string of the molecule is Fc1cccc(F)c1CNCc1nn[nH]n1. The van der Waals surface area contributed by atoms with Crippen LogP contribution in [0, 0.1) is 11.6 Å². The molecular weight excluding hydrogens is 216 g/mol. The molecule has 2 rings (SSSR count). The molecular formula is C9H9F2N5. The Morgan fingerprint density at radius 2 is 1.94 bits per heavy atom. The highest BCUT2D eigenvalue weighted by Gasteiger charge is 2.07. The van der Waals surface area contributed by atoms with Gasteiger partial charge in [0.15, 0.2) is 5.82 Å². The second-order valence-electron chi connectivity index (χ2n) is 3.13. The number of benzene rings is 1. The van der Waals surface area contributed by atoms with E-state index < -0.39 is 11.6 Å². The maximum absolute atomic E-state index is 13.2. The van der Waals surface area contributed by atoms with Crippen LogP contribution in [0.25, 0.3) is 0 Å². The molecule has 5 nitrogen and oxygen atoms in total. The second kappa shape index (κ2) is 4.75. The third kappa shape index (κ3) is 2.37. The topological polar surface area (TPSA) is 66.5 Å². The van der Waals surface area contributed by atoms with Gasteiger partial charge in [-0.2, -0.15) is 5.21 Å². The van der Waals surface area contributed by atoms with Crippen LogP contribution in [0.5, 0.6) is 0 Å². The van der Waals surface area contributed by atoms with Gasteiger partial charge >= 0.3 is 0 Å². The van der Waals surface area contributed by atoms with Crippen LogP contribution >= 0.6 is 0 Å². The van der Waals surface area contributed by atoms with Gasteiger partial charge in [-0.05, 0) is 12.1 Å². The molecule has 0 atom stereocenters. The number of rotatable bonds is 4. The monoisotopic (exact) mass is 225 g/mol. The van der Waals surface area contributed by atoms with Crippen LogP contribution in [-0.4, -0.2) is 20.6 Å². The first-order valence-electron chi connectivity index (χ1n) is 4.63. The highest BCUT2D eigenvalue weighted by Crippen LogP contribution is 2.11. The zero-order valence-electron chi connectivity index (χ0n) is 8.24. The van der Waals surface area contributed by atoms with Gasteiger partial charge in [0.05, 0.1) is 6.54 Å². The molecule has 0 unspecified atom stereocenters. The van der Waals surface area contributed by atoms with Gasteiger partial charge in [-0.3, -0.25) is 0 Å². The molecule has 1 heterocycles. The Kier molecular flexibility index (Phi) is 3.16. The molecule has 0 aliphatic heterocycles.